The number of phenols is 1. The highest BCUT2D eigenvalue weighted by molar-refractivity contribution is 5.39. The molecular formula is C11H17NO2. The van der Waals surface area contributed by atoms with Crippen LogP contribution in [-0.4, -0.2) is 18.8 Å². The number of hydrogen-bond donors (Lipinski definition) is 2. The van der Waals surface area contributed by atoms with E-state index >= 15 is 0 Å². The van der Waals surface area contributed by atoms with Crippen molar-refractivity contribution in [3.63, 3.8) is 0 Å². The van der Waals surface area contributed by atoms with E-state index in [0.29, 0.717) is 12.3 Å². The maximum atomic E-state index is 9.53. The molecule has 78 valence electrons. The average molecular weight is 195 g/mol. The molecule has 0 saturated heterocycles. The van der Waals surface area contributed by atoms with Gasteiger partial charge < -0.3 is 15.2 Å². The molecule has 0 heterocycles. The SMILES string of the molecule is CCCNCc1cc(OC)ccc1O. The standard InChI is InChI=1S/C11H17NO2/c1-3-6-12-8-9-7-10(14-2)4-5-11(9)13/h4-5,7,12-13H,3,6,8H2,1-2H3. The minimum atomic E-state index is 0.314. The molecule has 0 aliphatic carbocycles. The number of nitrogens with one attached hydrogen (secondary N) is 1. The summed E-state index contributed by atoms with van der Waals surface area (Å²) in [5.74, 6) is 1.09. The minimum absolute atomic E-state index is 0.314. The smallest absolute Gasteiger partial charge is 0.120 e. The lowest BCUT2D eigenvalue weighted by Gasteiger charge is -2.07. The fourth-order valence-corrected chi connectivity index (χ4v) is 1.23. The van der Waals surface area contributed by atoms with Crippen molar-refractivity contribution in [3.8, 4) is 11.5 Å². The third-order valence-corrected chi connectivity index (χ3v) is 2.03. The van der Waals surface area contributed by atoms with E-state index in [1.54, 1.807) is 19.2 Å². The van der Waals surface area contributed by atoms with E-state index in [-0.39, 0.29) is 0 Å². The molecule has 0 amide bonds. The van der Waals surface area contributed by atoms with Crippen LogP contribution in [0.4, 0.5) is 0 Å². The largest absolute Gasteiger partial charge is 0.508 e. The van der Waals surface area contributed by atoms with Crippen molar-refractivity contribution >= 4 is 0 Å². The summed E-state index contributed by atoms with van der Waals surface area (Å²) in [6, 6.07) is 5.25. The number of aromatic hydroxyl groups is 1. The lowest BCUT2D eigenvalue weighted by atomic mass is 10.2. The zero-order valence-corrected chi connectivity index (χ0v) is 8.71. The normalized spacial score (nSPS) is 10.1. The van der Waals surface area contributed by atoms with Gasteiger partial charge in [-0.15, -0.1) is 0 Å². The van der Waals surface area contributed by atoms with Crippen LogP contribution in [0.25, 0.3) is 0 Å². The molecule has 0 aromatic heterocycles. The predicted octanol–water partition coefficient (Wildman–Crippen LogP) is 1.90. The van der Waals surface area contributed by atoms with Gasteiger partial charge in [-0.2, -0.15) is 0 Å². The van der Waals surface area contributed by atoms with Gasteiger partial charge in [0, 0.05) is 12.1 Å². The Labute approximate surface area is 84.7 Å². The van der Waals surface area contributed by atoms with Crippen LogP contribution in [0.1, 0.15) is 18.9 Å². The van der Waals surface area contributed by atoms with Gasteiger partial charge in [0.05, 0.1) is 7.11 Å². The van der Waals surface area contributed by atoms with Gasteiger partial charge in [0.1, 0.15) is 11.5 Å². The summed E-state index contributed by atoms with van der Waals surface area (Å²) in [7, 11) is 1.62. The van der Waals surface area contributed by atoms with E-state index in [1.807, 2.05) is 6.07 Å². The van der Waals surface area contributed by atoms with Crippen molar-refractivity contribution in [3.05, 3.63) is 23.8 Å². The van der Waals surface area contributed by atoms with Crippen LogP contribution in [-0.2, 0) is 6.54 Å². The Morgan fingerprint density at radius 2 is 2.21 bits per heavy atom. The summed E-state index contributed by atoms with van der Waals surface area (Å²) < 4.78 is 5.08. The minimum Gasteiger partial charge on any atom is -0.508 e. The molecule has 0 unspecified atom stereocenters. The van der Waals surface area contributed by atoms with Crippen molar-refractivity contribution < 1.29 is 9.84 Å². The third-order valence-electron chi connectivity index (χ3n) is 2.03. The first kappa shape index (κ1) is 10.9. The van der Waals surface area contributed by atoms with Gasteiger partial charge in [-0.25, -0.2) is 0 Å². The molecule has 0 bridgehead atoms. The van der Waals surface area contributed by atoms with Crippen molar-refractivity contribution in [2.45, 2.75) is 19.9 Å². The van der Waals surface area contributed by atoms with Crippen molar-refractivity contribution in [1.82, 2.24) is 5.32 Å². The monoisotopic (exact) mass is 195 g/mol. The van der Waals surface area contributed by atoms with E-state index in [2.05, 4.69) is 12.2 Å². The predicted molar refractivity (Wildman–Crippen MR) is 56.7 cm³/mol. The van der Waals surface area contributed by atoms with E-state index in [0.717, 1.165) is 24.3 Å². The van der Waals surface area contributed by atoms with Gasteiger partial charge in [0.2, 0.25) is 0 Å². The maximum Gasteiger partial charge on any atom is 0.120 e. The van der Waals surface area contributed by atoms with E-state index in [4.69, 9.17) is 4.74 Å². The highest BCUT2D eigenvalue weighted by Crippen LogP contribution is 2.22. The second-order valence-electron chi connectivity index (χ2n) is 3.17. The Morgan fingerprint density at radius 3 is 2.86 bits per heavy atom. The molecule has 0 spiro atoms. The van der Waals surface area contributed by atoms with Crippen molar-refractivity contribution in [2.24, 2.45) is 0 Å². The molecule has 3 nitrogen and oxygen atoms in total. The number of methoxy groups -OCH3 is 1. The maximum absolute atomic E-state index is 9.53. The molecule has 0 aliphatic heterocycles. The molecule has 3 heteroatoms. The average Bonchev–Trinajstić information content (AvgIpc) is 2.21. The van der Waals surface area contributed by atoms with Crippen LogP contribution in [0.5, 0.6) is 11.5 Å². The topological polar surface area (TPSA) is 41.5 Å². The molecule has 0 saturated carbocycles. The summed E-state index contributed by atoms with van der Waals surface area (Å²) >= 11 is 0. The highest BCUT2D eigenvalue weighted by Gasteiger charge is 2.01. The lowest BCUT2D eigenvalue weighted by molar-refractivity contribution is 0.410. The number of ether oxygens (including phenoxy) is 1. The Kier molecular flexibility index (Phi) is 4.26. The van der Waals surface area contributed by atoms with Crippen molar-refractivity contribution in [2.75, 3.05) is 13.7 Å². The fourth-order valence-electron chi connectivity index (χ4n) is 1.23. The lowest BCUT2D eigenvalue weighted by Crippen LogP contribution is -2.13. The number of rotatable bonds is 5. The second-order valence-corrected chi connectivity index (χ2v) is 3.17. The number of benzene rings is 1. The van der Waals surface area contributed by atoms with E-state index in [1.165, 1.54) is 0 Å². The molecule has 0 atom stereocenters. The summed E-state index contributed by atoms with van der Waals surface area (Å²) in [5, 5.41) is 12.8. The molecule has 0 fully saturated rings. The van der Waals surface area contributed by atoms with E-state index < -0.39 is 0 Å². The molecule has 0 radical (unpaired) electrons. The van der Waals surface area contributed by atoms with Crippen LogP contribution in [0, 0.1) is 0 Å². The first-order valence-corrected chi connectivity index (χ1v) is 4.84. The zero-order valence-electron chi connectivity index (χ0n) is 8.71. The molecule has 14 heavy (non-hydrogen) atoms. The van der Waals surface area contributed by atoms with Crippen molar-refractivity contribution in [1.29, 1.82) is 0 Å². The third kappa shape index (κ3) is 2.92. The van der Waals surface area contributed by atoms with Crippen LogP contribution >= 0.6 is 0 Å². The summed E-state index contributed by atoms with van der Waals surface area (Å²) in [4.78, 5) is 0. The van der Waals surface area contributed by atoms with Crippen LogP contribution < -0.4 is 10.1 Å². The molecule has 1 rings (SSSR count). The fraction of sp³-hybridized carbons (Fsp3) is 0.455. The van der Waals surface area contributed by atoms with E-state index in [9.17, 15) is 5.11 Å². The van der Waals surface area contributed by atoms with Gasteiger partial charge in [-0.3, -0.25) is 0 Å². The first-order valence-electron chi connectivity index (χ1n) is 4.84. The summed E-state index contributed by atoms with van der Waals surface area (Å²) in [6.45, 7) is 3.74. The molecule has 0 aliphatic rings. The second kappa shape index (κ2) is 5.50. The quantitative estimate of drug-likeness (QED) is 0.705. The van der Waals surface area contributed by atoms with Gasteiger partial charge in [0.15, 0.2) is 0 Å². The Hall–Kier alpha value is -1.22. The van der Waals surface area contributed by atoms with Crippen LogP contribution in [0.2, 0.25) is 0 Å². The highest BCUT2D eigenvalue weighted by atomic mass is 16.5. The summed E-state index contributed by atoms with van der Waals surface area (Å²) in [6.07, 6.45) is 1.09. The Balaban J connectivity index is 2.64. The number of phenolic OH excluding ortho intramolecular Hbond substituents is 1. The molecule has 1 aromatic carbocycles. The molecular weight excluding hydrogens is 178 g/mol. The van der Waals surface area contributed by atoms with Crippen LogP contribution in [0.3, 0.4) is 0 Å². The number of hydrogen-bond acceptors (Lipinski definition) is 3. The summed E-state index contributed by atoms with van der Waals surface area (Å²) in [5.41, 5.74) is 0.873. The van der Waals surface area contributed by atoms with Gasteiger partial charge in [0.25, 0.3) is 0 Å². The zero-order chi connectivity index (χ0) is 10.4. The van der Waals surface area contributed by atoms with Gasteiger partial charge >= 0.3 is 0 Å². The Morgan fingerprint density at radius 1 is 1.43 bits per heavy atom. The van der Waals surface area contributed by atoms with Gasteiger partial charge in [-0.05, 0) is 31.2 Å². The molecule has 1 aromatic rings. The van der Waals surface area contributed by atoms with Crippen LogP contribution in [0.15, 0.2) is 18.2 Å². The first-order chi connectivity index (χ1) is 6.77. The van der Waals surface area contributed by atoms with Gasteiger partial charge in [-0.1, -0.05) is 6.92 Å². The molecule has 2 N–H and O–H groups in total. The Bertz CT molecular complexity index is 287.